The van der Waals surface area contributed by atoms with Crippen LogP contribution in [-0.4, -0.2) is 50.8 Å². The van der Waals surface area contributed by atoms with Crippen molar-refractivity contribution in [3.63, 3.8) is 0 Å². The number of carboxylic acids is 1. The number of phenols is 1. The van der Waals surface area contributed by atoms with Gasteiger partial charge in [-0.2, -0.15) is 0 Å². The topological polar surface area (TPSA) is 98.1 Å². The summed E-state index contributed by atoms with van der Waals surface area (Å²) in [5.74, 6) is -1.94. The zero-order valence-corrected chi connectivity index (χ0v) is 10.5. The summed E-state index contributed by atoms with van der Waals surface area (Å²) in [5.41, 5.74) is 0.0158. The quantitative estimate of drug-likeness (QED) is 0.743. The van der Waals surface area contributed by atoms with E-state index in [2.05, 4.69) is 0 Å². The SMILES string of the molecule is O=C(O)[C@H]1C[C@@H](O)CN1C(=O)c1cc(O)ccc1Cl. The van der Waals surface area contributed by atoms with Gasteiger partial charge in [-0.15, -0.1) is 0 Å². The molecule has 2 rings (SSSR count). The molecule has 1 aliphatic heterocycles. The molecule has 102 valence electrons. The maximum Gasteiger partial charge on any atom is 0.326 e. The van der Waals surface area contributed by atoms with E-state index in [9.17, 15) is 19.8 Å². The molecule has 6 nitrogen and oxygen atoms in total. The summed E-state index contributed by atoms with van der Waals surface area (Å²) >= 11 is 5.86. The minimum absolute atomic E-state index is 0.0158. The number of carbonyl (C=O) groups is 2. The average Bonchev–Trinajstić information content (AvgIpc) is 2.74. The molecule has 0 saturated carbocycles. The van der Waals surface area contributed by atoms with Crippen LogP contribution in [0.25, 0.3) is 0 Å². The van der Waals surface area contributed by atoms with Crippen LogP contribution < -0.4 is 0 Å². The molecule has 0 spiro atoms. The Hall–Kier alpha value is -1.79. The van der Waals surface area contributed by atoms with Crippen molar-refractivity contribution in [1.82, 2.24) is 4.90 Å². The van der Waals surface area contributed by atoms with Gasteiger partial charge in [0.2, 0.25) is 0 Å². The second kappa shape index (κ2) is 5.07. The van der Waals surface area contributed by atoms with E-state index < -0.39 is 24.0 Å². The van der Waals surface area contributed by atoms with E-state index in [1.54, 1.807) is 0 Å². The van der Waals surface area contributed by atoms with Crippen LogP contribution in [0.1, 0.15) is 16.8 Å². The number of nitrogens with zero attached hydrogens (tertiary/aromatic N) is 1. The molecule has 3 N–H and O–H groups in total. The third-order valence-corrected chi connectivity index (χ3v) is 3.33. The van der Waals surface area contributed by atoms with E-state index in [0.717, 1.165) is 4.90 Å². The third kappa shape index (κ3) is 2.64. The number of phenolic OH excluding ortho intramolecular Hbond substituents is 1. The van der Waals surface area contributed by atoms with Gasteiger partial charge < -0.3 is 20.2 Å². The number of amides is 1. The van der Waals surface area contributed by atoms with Gasteiger partial charge in [-0.05, 0) is 18.2 Å². The number of carboxylic acid groups (broad SMARTS) is 1. The molecule has 1 heterocycles. The van der Waals surface area contributed by atoms with Gasteiger partial charge in [0.25, 0.3) is 5.91 Å². The van der Waals surface area contributed by atoms with Crippen LogP contribution in [0.15, 0.2) is 18.2 Å². The summed E-state index contributed by atoms with van der Waals surface area (Å²) in [4.78, 5) is 24.3. The fourth-order valence-corrected chi connectivity index (χ4v) is 2.30. The molecule has 1 aromatic carbocycles. The van der Waals surface area contributed by atoms with Gasteiger partial charge in [-0.25, -0.2) is 4.79 Å². The Morgan fingerprint density at radius 2 is 2.05 bits per heavy atom. The molecular weight excluding hydrogens is 274 g/mol. The first kappa shape index (κ1) is 13.6. The molecule has 1 amide bonds. The first-order valence-corrected chi connectivity index (χ1v) is 5.98. The monoisotopic (exact) mass is 285 g/mol. The minimum Gasteiger partial charge on any atom is -0.508 e. The van der Waals surface area contributed by atoms with Crippen LogP contribution in [0.5, 0.6) is 5.75 Å². The predicted octanol–water partition coefficient (Wildman–Crippen LogP) is 0.706. The van der Waals surface area contributed by atoms with Crippen molar-refractivity contribution < 1.29 is 24.9 Å². The fraction of sp³-hybridized carbons (Fsp3) is 0.333. The molecule has 19 heavy (non-hydrogen) atoms. The van der Waals surface area contributed by atoms with Crippen molar-refractivity contribution in [3.05, 3.63) is 28.8 Å². The largest absolute Gasteiger partial charge is 0.508 e. The highest BCUT2D eigenvalue weighted by molar-refractivity contribution is 6.34. The molecule has 1 fully saturated rings. The standard InChI is InChI=1S/C12H12ClNO5/c13-9-2-1-6(15)3-8(9)11(17)14-5-7(16)4-10(14)12(18)19/h1-3,7,10,15-16H,4-5H2,(H,18,19)/t7-,10-/m1/s1. The molecule has 1 aromatic rings. The molecule has 1 saturated heterocycles. The van der Waals surface area contributed by atoms with E-state index >= 15 is 0 Å². The maximum absolute atomic E-state index is 12.2. The van der Waals surface area contributed by atoms with Crippen LogP contribution in [0, 0.1) is 0 Å². The van der Waals surface area contributed by atoms with Crippen LogP contribution in [-0.2, 0) is 4.79 Å². The lowest BCUT2D eigenvalue weighted by Gasteiger charge is -2.21. The van der Waals surface area contributed by atoms with Crippen LogP contribution in [0.2, 0.25) is 5.02 Å². The number of aromatic hydroxyl groups is 1. The van der Waals surface area contributed by atoms with Gasteiger partial charge >= 0.3 is 5.97 Å². The summed E-state index contributed by atoms with van der Waals surface area (Å²) in [5, 5.41) is 28.0. The fourth-order valence-electron chi connectivity index (χ4n) is 2.10. The summed E-state index contributed by atoms with van der Waals surface area (Å²) in [7, 11) is 0. The van der Waals surface area contributed by atoms with Gasteiger partial charge in [-0.1, -0.05) is 11.6 Å². The molecule has 1 aliphatic rings. The lowest BCUT2D eigenvalue weighted by molar-refractivity contribution is -0.141. The first-order chi connectivity index (χ1) is 8.90. The van der Waals surface area contributed by atoms with Crippen LogP contribution in [0.4, 0.5) is 0 Å². The highest BCUT2D eigenvalue weighted by Crippen LogP contribution is 2.26. The van der Waals surface area contributed by atoms with Crippen molar-refractivity contribution >= 4 is 23.5 Å². The zero-order valence-electron chi connectivity index (χ0n) is 9.78. The van der Waals surface area contributed by atoms with Gasteiger partial charge in [0.05, 0.1) is 16.7 Å². The highest BCUT2D eigenvalue weighted by atomic mass is 35.5. The Morgan fingerprint density at radius 3 is 2.68 bits per heavy atom. The Labute approximate surface area is 113 Å². The second-order valence-corrected chi connectivity index (χ2v) is 4.77. The Balaban J connectivity index is 2.33. The first-order valence-electron chi connectivity index (χ1n) is 5.60. The van der Waals surface area contributed by atoms with Crippen molar-refractivity contribution in [2.45, 2.75) is 18.6 Å². The van der Waals surface area contributed by atoms with E-state index in [4.69, 9.17) is 16.7 Å². The maximum atomic E-state index is 12.2. The minimum atomic E-state index is -1.18. The van der Waals surface area contributed by atoms with Crippen molar-refractivity contribution in [2.24, 2.45) is 0 Å². The molecule has 7 heteroatoms. The number of β-amino-alcohol motifs (C(OH)–C–C–N with tert-alkyl or cyclic N) is 1. The van der Waals surface area contributed by atoms with Crippen molar-refractivity contribution in [3.8, 4) is 5.75 Å². The van der Waals surface area contributed by atoms with Crippen molar-refractivity contribution in [2.75, 3.05) is 6.54 Å². The number of rotatable bonds is 2. The zero-order chi connectivity index (χ0) is 14.2. The van der Waals surface area contributed by atoms with Crippen LogP contribution >= 0.6 is 11.6 Å². The lowest BCUT2D eigenvalue weighted by Crippen LogP contribution is -2.40. The van der Waals surface area contributed by atoms with Gasteiger partial charge in [-0.3, -0.25) is 4.79 Å². The molecule has 0 unspecified atom stereocenters. The summed E-state index contributed by atoms with van der Waals surface area (Å²) in [6, 6.07) is 2.77. The van der Waals surface area contributed by atoms with E-state index in [-0.39, 0.29) is 29.3 Å². The Kier molecular flexibility index (Phi) is 3.64. The Morgan fingerprint density at radius 1 is 1.37 bits per heavy atom. The van der Waals surface area contributed by atoms with E-state index in [1.807, 2.05) is 0 Å². The molecule has 0 radical (unpaired) electrons. The smallest absolute Gasteiger partial charge is 0.326 e. The number of hydrogen-bond acceptors (Lipinski definition) is 4. The van der Waals surface area contributed by atoms with Crippen molar-refractivity contribution in [1.29, 1.82) is 0 Å². The molecular formula is C12H12ClNO5. The average molecular weight is 286 g/mol. The molecule has 0 aromatic heterocycles. The molecule has 2 atom stereocenters. The van der Waals surface area contributed by atoms with E-state index in [1.165, 1.54) is 18.2 Å². The van der Waals surface area contributed by atoms with Gasteiger partial charge in [0, 0.05) is 13.0 Å². The highest BCUT2D eigenvalue weighted by Gasteiger charge is 2.39. The Bertz CT molecular complexity index is 533. The summed E-state index contributed by atoms with van der Waals surface area (Å²) in [6.07, 6.45) is -0.890. The second-order valence-electron chi connectivity index (χ2n) is 4.37. The summed E-state index contributed by atoms with van der Waals surface area (Å²) < 4.78 is 0. The molecule has 0 aliphatic carbocycles. The number of carbonyl (C=O) groups excluding carboxylic acids is 1. The third-order valence-electron chi connectivity index (χ3n) is 3.01. The van der Waals surface area contributed by atoms with Gasteiger partial charge in [0.15, 0.2) is 0 Å². The number of likely N-dealkylation sites (tertiary alicyclic amines) is 1. The number of hydrogen-bond donors (Lipinski definition) is 3. The van der Waals surface area contributed by atoms with E-state index in [0.29, 0.717) is 0 Å². The van der Waals surface area contributed by atoms with Crippen LogP contribution in [0.3, 0.4) is 0 Å². The number of aliphatic carboxylic acids is 1. The lowest BCUT2D eigenvalue weighted by atomic mass is 10.1. The molecule has 0 bridgehead atoms. The number of aliphatic hydroxyl groups excluding tert-OH is 1. The predicted molar refractivity (Wildman–Crippen MR) is 66.2 cm³/mol. The normalized spacial score (nSPS) is 22.5. The number of halogens is 1. The van der Waals surface area contributed by atoms with Gasteiger partial charge in [0.1, 0.15) is 11.8 Å². The number of benzene rings is 1. The number of aliphatic hydroxyl groups is 1. The summed E-state index contributed by atoms with van der Waals surface area (Å²) in [6.45, 7) is -0.0677.